The Morgan fingerprint density at radius 2 is 2.00 bits per heavy atom. The lowest BCUT2D eigenvalue weighted by molar-refractivity contribution is 0.306. The molecule has 1 heterocycles. The minimum atomic E-state index is 0.318. The fraction of sp³-hybridized carbons (Fsp3) is 0.0833. The number of hydrogen-bond acceptors (Lipinski definition) is 4. The minimum Gasteiger partial charge on any atom is -0.485 e. The third-order valence-corrected chi connectivity index (χ3v) is 2.16. The topological polar surface area (TPSA) is 63.6 Å². The summed E-state index contributed by atoms with van der Waals surface area (Å²) in [4.78, 5) is 14.1. The Hall–Kier alpha value is -2.43. The Labute approximate surface area is 98.4 Å². The predicted molar refractivity (Wildman–Crippen MR) is 64.4 cm³/mol. The molecule has 0 saturated heterocycles. The third-order valence-electron chi connectivity index (χ3n) is 2.16. The van der Waals surface area contributed by atoms with Gasteiger partial charge in [-0.3, -0.25) is 0 Å². The molecule has 0 radical (unpaired) electrons. The molecule has 1 aromatic carbocycles. The maximum Gasteiger partial charge on any atom is 0.191 e. The minimum absolute atomic E-state index is 0.318. The summed E-state index contributed by atoms with van der Waals surface area (Å²) in [6.07, 6.45) is 1.56. The Morgan fingerprint density at radius 3 is 2.76 bits per heavy atom. The van der Waals surface area contributed by atoms with E-state index in [-0.39, 0.29) is 0 Å². The molecule has 0 fully saturated rings. The monoisotopic (exact) mass is 229 g/mol. The summed E-state index contributed by atoms with van der Waals surface area (Å²) >= 11 is 0. The lowest BCUT2D eigenvalue weighted by atomic mass is 10.2. The Bertz CT molecular complexity index is 488. The molecule has 0 aliphatic carbocycles. The van der Waals surface area contributed by atoms with Gasteiger partial charge in [0.2, 0.25) is 0 Å². The van der Waals surface area contributed by atoms with E-state index in [2.05, 4.69) is 15.7 Å². The van der Waals surface area contributed by atoms with Gasteiger partial charge in [-0.15, -0.1) is 4.91 Å². The third kappa shape index (κ3) is 3.01. The Kier molecular flexibility index (Phi) is 3.64. The number of aromatic nitrogens is 1. The van der Waals surface area contributed by atoms with Crippen molar-refractivity contribution in [1.29, 1.82) is 0 Å². The highest BCUT2D eigenvalue weighted by molar-refractivity contribution is 5.48. The van der Waals surface area contributed by atoms with E-state index in [1.165, 1.54) is 0 Å². The number of nitrogens with one attached hydrogen (secondary N) is 1. The molecule has 5 heteroatoms. The van der Waals surface area contributed by atoms with Crippen LogP contribution in [0.3, 0.4) is 0 Å². The van der Waals surface area contributed by atoms with Gasteiger partial charge in [-0.2, -0.15) is 0 Å². The van der Waals surface area contributed by atoms with Crippen LogP contribution in [-0.2, 0) is 6.61 Å². The van der Waals surface area contributed by atoms with Crippen molar-refractivity contribution in [2.75, 3.05) is 5.43 Å². The summed E-state index contributed by atoms with van der Waals surface area (Å²) in [5.74, 6) is 0.814. The van der Waals surface area contributed by atoms with Crippen LogP contribution in [0.1, 0.15) is 5.56 Å². The van der Waals surface area contributed by atoms with Gasteiger partial charge >= 0.3 is 0 Å². The van der Waals surface area contributed by atoms with Crippen LogP contribution >= 0.6 is 0 Å². The van der Waals surface area contributed by atoms with Crippen LogP contribution in [0.15, 0.2) is 53.9 Å². The van der Waals surface area contributed by atoms with Crippen LogP contribution in [0.5, 0.6) is 5.75 Å². The van der Waals surface area contributed by atoms with Gasteiger partial charge in [-0.05, 0) is 17.7 Å². The molecule has 0 saturated carbocycles. The summed E-state index contributed by atoms with van der Waals surface area (Å²) in [5.41, 5.74) is 3.29. The summed E-state index contributed by atoms with van der Waals surface area (Å²) < 4.78 is 5.55. The van der Waals surface area contributed by atoms with Crippen molar-refractivity contribution in [3.8, 4) is 5.75 Å². The molecule has 1 N–H and O–H groups in total. The van der Waals surface area contributed by atoms with Gasteiger partial charge in [-0.1, -0.05) is 30.3 Å². The highest BCUT2D eigenvalue weighted by atomic mass is 16.5. The molecule has 0 unspecified atom stereocenters. The van der Waals surface area contributed by atoms with Crippen LogP contribution in [0.2, 0.25) is 0 Å². The number of hydrogen-bond donors (Lipinski definition) is 1. The number of ether oxygens (including phenoxy) is 1. The van der Waals surface area contributed by atoms with Crippen molar-refractivity contribution in [1.82, 2.24) is 4.98 Å². The first-order chi connectivity index (χ1) is 8.40. The number of nitroso groups, excluding NO2 is 1. The van der Waals surface area contributed by atoms with Crippen LogP contribution in [-0.4, -0.2) is 4.98 Å². The standard InChI is InChI=1S/C12H11N3O2/c16-15-14-12-11(7-4-8-13-12)17-9-10-5-2-1-3-6-10/h1-8H,9H2,(H,13,14,16). The molecular formula is C12H11N3O2. The van der Waals surface area contributed by atoms with E-state index in [9.17, 15) is 4.91 Å². The predicted octanol–water partition coefficient (Wildman–Crippen LogP) is 2.75. The highest BCUT2D eigenvalue weighted by Gasteiger charge is 2.03. The molecule has 0 aliphatic heterocycles. The van der Waals surface area contributed by atoms with Crippen molar-refractivity contribution in [3.63, 3.8) is 0 Å². The number of pyridine rings is 1. The van der Waals surface area contributed by atoms with Crippen molar-refractivity contribution < 1.29 is 4.74 Å². The summed E-state index contributed by atoms with van der Waals surface area (Å²) in [6, 6.07) is 13.2. The van der Waals surface area contributed by atoms with E-state index in [0.29, 0.717) is 18.2 Å². The Morgan fingerprint density at radius 1 is 1.18 bits per heavy atom. The highest BCUT2D eigenvalue weighted by Crippen LogP contribution is 2.21. The van der Waals surface area contributed by atoms with E-state index < -0.39 is 0 Å². The second-order valence-corrected chi connectivity index (χ2v) is 3.33. The summed E-state index contributed by atoms with van der Waals surface area (Å²) in [5, 5.41) is 2.58. The second-order valence-electron chi connectivity index (χ2n) is 3.33. The van der Waals surface area contributed by atoms with Crippen molar-refractivity contribution in [3.05, 3.63) is 59.1 Å². The van der Waals surface area contributed by atoms with Crippen LogP contribution in [0.4, 0.5) is 5.82 Å². The normalized spacial score (nSPS) is 9.65. The number of anilines is 1. The summed E-state index contributed by atoms with van der Waals surface area (Å²) in [7, 11) is 0. The van der Waals surface area contributed by atoms with Gasteiger partial charge in [-0.25, -0.2) is 10.4 Å². The van der Waals surface area contributed by atoms with Crippen LogP contribution < -0.4 is 10.2 Å². The van der Waals surface area contributed by atoms with Gasteiger partial charge in [0.05, 0.1) is 5.29 Å². The van der Waals surface area contributed by atoms with Gasteiger partial charge in [0.1, 0.15) is 6.61 Å². The van der Waals surface area contributed by atoms with E-state index in [4.69, 9.17) is 4.74 Å². The molecule has 2 aromatic rings. The summed E-state index contributed by atoms with van der Waals surface area (Å²) in [6.45, 7) is 0.417. The van der Waals surface area contributed by atoms with E-state index in [0.717, 1.165) is 5.56 Å². The van der Waals surface area contributed by atoms with Gasteiger partial charge in [0.25, 0.3) is 0 Å². The van der Waals surface area contributed by atoms with E-state index >= 15 is 0 Å². The number of nitrogens with zero attached hydrogens (tertiary/aromatic N) is 2. The maximum atomic E-state index is 10.1. The van der Waals surface area contributed by atoms with Crippen molar-refractivity contribution in [2.45, 2.75) is 6.61 Å². The molecule has 17 heavy (non-hydrogen) atoms. The fourth-order valence-corrected chi connectivity index (χ4v) is 1.37. The Balaban J connectivity index is 2.06. The second kappa shape index (κ2) is 5.60. The first-order valence-electron chi connectivity index (χ1n) is 5.10. The molecule has 0 bridgehead atoms. The van der Waals surface area contributed by atoms with Gasteiger partial charge in [0.15, 0.2) is 11.6 Å². The largest absolute Gasteiger partial charge is 0.485 e. The molecule has 5 nitrogen and oxygen atoms in total. The molecule has 0 amide bonds. The molecule has 0 atom stereocenters. The number of benzene rings is 1. The zero-order valence-corrected chi connectivity index (χ0v) is 9.04. The van der Waals surface area contributed by atoms with E-state index in [1.54, 1.807) is 18.3 Å². The van der Waals surface area contributed by atoms with Gasteiger partial charge < -0.3 is 4.74 Å². The lowest BCUT2D eigenvalue weighted by Crippen LogP contribution is -1.99. The van der Waals surface area contributed by atoms with Crippen molar-refractivity contribution in [2.24, 2.45) is 5.29 Å². The first-order valence-corrected chi connectivity index (χ1v) is 5.10. The maximum absolute atomic E-state index is 10.1. The van der Waals surface area contributed by atoms with Crippen LogP contribution in [0.25, 0.3) is 0 Å². The SMILES string of the molecule is O=NNc1ncccc1OCc1ccccc1. The zero-order valence-electron chi connectivity index (χ0n) is 9.04. The van der Waals surface area contributed by atoms with E-state index in [1.807, 2.05) is 30.3 Å². The van der Waals surface area contributed by atoms with Gasteiger partial charge in [0, 0.05) is 6.20 Å². The molecule has 0 spiro atoms. The quantitative estimate of drug-likeness (QED) is 0.632. The fourth-order valence-electron chi connectivity index (χ4n) is 1.37. The zero-order chi connectivity index (χ0) is 11.9. The van der Waals surface area contributed by atoms with Crippen molar-refractivity contribution >= 4 is 5.82 Å². The molecule has 0 aliphatic rings. The number of rotatable bonds is 5. The first kappa shape index (κ1) is 11.1. The average Bonchev–Trinajstić information content (AvgIpc) is 2.39. The van der Waals surface area contributed by atoms with Crippen LogP contribution in [0, 0.1) is 4.91 Å². The average molecular weight is 229 g/mol. The smallest absolute Gasteiger partial charge is 0.191 e. The molecular weight excluding hydrogens is 218 g/mol. The lowest BCUT2D eigenvalue weighted by Gasteiger charge is -2.08. The molecule has 86 valence electrons. The molecule has 1 aromatic heterocycles. The molecule has 2 rings (SSSR count).